The zero-order chi connectivity index (χ0) is 14.3. The topological polar surface area (TPSA) is 67.4 Å². The highest BCUT2D eigenvalue weighted by molar-refractivity contribution is 7.92. The van der Waals surface area contributed by atoms with Crippen LogP contribution in [-0.2, 0) is 10.0 Å². The van der Waals surface area contributed by atoms with Crippen molar-refractivity contribution in [3.05, 3.63) is 24.0 Å². The van der Waals surface area contributed by atoms with E-state index in [0.717, 1.165) is 12.6 Å². The van der Waals surface area contributed by atoms with Crippen molar-refractivity contribution in [2.75, 3.05) is 30.7 Å². The van der Waals surface area contributed by atoms with E-state index in [1.807, 2.05) is 6.92 Å². The van der Waals surface area contributed by atoms with E-state index >= 15 is 0 Å². The highest BCUT2D eigenvalue weighted by atomic mass is 32.2. The van der Waals surface area contributed by atoms with Crippen LogP contribution in [0.15, 0.2) is 18.2 Å². The number of hydrogen-bond acceptors (Lipinski definition) is 4. The molecule has 1 aromatic carbocycles. The minimum atomic E-state index is -3.55. The van der Waals surface area contributed by atoms with Crippen LogP contribution in [0.4, 0.5) is 10.1 Å². The molecule has 0 aliphatic heterocycles. The molecule has 19 heavy (non-hydrogen) atoms. The molecule has 7 heteroatoms. The first-order valence-corrected chi connectivity index (χ1v) is 7.68. The second kappa shape index (κ2) is 7.30. The van der Waals surface area contributed by atoms with Gasteiger partial charge in [0, 0.05) is 6.07 Å². The molecule has 0 aliphatic carbocycles. The summed E-state index contributed by atoms with van der Waals surface area (Å²) in [6.07, 6.45) is 0.467. The third-order valence-electron chi connectivity index (χ3n) is 2.46. The molecule has 0 amide bonds. The molecule has 0 saturated heterocycles. The fourth-order valence-electron chi connectivity index (χ4n) is 1.49. The number of anilines is 1. The fourth-order valence-corrected chi connectivity index (χ4v) is 2.61. The molecule has 2 N–H and O–H groups in total. The van der Waals surface area contributed by atoms with E-state index in [9.17, 15) is 12.8 Å². The Kier molecular flexibility index (Phi) is 6.04. The zero-order valence-corrected chi connectivity index (χ0v) is 11.9. The first-order chi connectivity index (χ1) is 8.98. The Morgan fingerprint density at radius 3 is 2.74 bits per heavy atom. The van der Waals surface area contributed by atoms with Gasteiger partial charge in [-0.15, -0.1) is 0 Å². The van der Waals surface area contributed by atoms with Crippen molar-refractivity contribution in [2.45, 2.75) is 13.3 Å². The van der Waals surface area contributed by atoms with Gasteiger partial charge in [0.15, 0.2) is 0 Å². The maximum atomic E-state index is 13.5. The minimum Gasteiger partial charge on any atom is -0.497 e. The van der Waals surface area contributed by atoms with Crippen molar-refractivity contribution in [3.63, 3.8) is 0 Å². The first kappa shape index (κ1) is 15.7. The van der Waals surface area contributed by atoms with Gasteiger partial charge in [0.25, 0.3) is 0 Å². The van der Waals surface area contributed by atoms with Gasteiger partial charge >= 0.3 is 0 Å². The zero-order valence-electron chi connectivity index (χ0n) is 11.1. The van der Waals surface area contributed by atoms with Crippen molar-refractivity contribution in [2.24, 2.45) is 0 Å². The van der Waals surface area contributed by atoms with Crippen LogP contribution in [0.3, 0.4) is 0 Å². The number of sulfonamides is 1. The second-order valence-electron chi connectivity index (χ2n) is 3.97. The van der Waals surface area contributed by atoms with Gasteiger partial charge in [-0.3, -0.25) is 4.72 Å². The predicted octanol–water partition coefficient (Wildman–Crippen LogP) is 1.58. The van der Waals surface area contributed by atoms with Gasteiger partial charge in [-0.25, -0.2) is 12.8 Å². The highest BCUT2D eigenvalue weighted by Crippen LogP contribution is 2.22. The summed E-state index contributed by atoms with van der Waals surface area (Å²) in [5.41, 5.74) is -0.0946. The molecule has 1 rings (SSSR count). The third-order valence-corrected chi connectivity index (χ3v) is 3.81. The standard InChI is InChI=1S/C12H19FN2O3S/c1-3-14-7-4-8-19(16,17)15-12-9-10(18-2)5-6-11(12)13/h5-6,9,14-15H,3-4,7-8H2,1-2H3. The van der Waals surface area contributed by atoms with E-state index < -0.39 is 15.8 Å². The highest BCUT2D eigenvalue weighted by Gasteiger charge is 2.13. The van der Waals surface area contributed by atoms with Crippen LogP contribution in [0.25, 0.3) is 0 Å². The summed E-state index contributed by atoms with van der Waals surface area (Å²) in [6, 6.07) is 3.91. The third kappa shape index (κ3) is 5.44. The molecule has 0 radical (unpaired) electrons. The first-order valence-electron chi connectivity index (χ1n) is 6.03. The number of nitrogens with one attached hydrogen (secondary N) is 2. The summed E-state index contributed by atoms with van der Waals surface area (Å²) in [5.74, 6) is -0.292. The molecule has 0 aromatic heterocycles. The summed E-state index contributed by atoms with van der Waals surface area (Å²) in [6.45, 7) is 3.34. The number of methoxy groups -OCH3 is 1. The number of ether oxygens (including phenoxy) is 1. The average Bonchev–Trinajstić information content (AvgIpc) is 2.37. The molecule has 0 aliphatic rings. The van der Waals surface area contributed by atoms with Gasteiger partial charge in [0.05, 0.1) is 18.6 Å². The molecule has 1 aromatic rings. The molecule has 0 fully saturated rings. The Hall–Kier alpha value is -1.34. The van der Waals surface area contributed by atoms with Gasteiger partial charge in [0.2, 0.25) is 10.0 Å². The van der Waals surface area contributed by atoms with Crippen LogP contribution in [0.2, 0.25) is 0 Å². The van der Waals surface area contributed by atoms with Gasteiger partial charge in [-0.1, -0.05) is 6.92 Å². The fraction of sp³-hybridized carbons (Fsp3) is 0.500. The molecule has 0 unspecified atom stereocenters. The Bertz CT molecular complexity index is 506. The molecule has 108 valence electrons. The smallest absolute Gasteiger partial charge is 0.232 e. The molecule has 0 saturated carbocycles. The van der Waals surface area contributed by atoms with Gasteiger partial charge in [-0.2, -0.15) is 0 Å². The Balaban J connectivity index is 2.67. The summed E-state index contributed by atoms with van der Waals surface area (Å²) in [5, 5.41) is 3.03. The summed E-state index contributed by atoms with van der Waals surface area (Å²) in [4.78, 5) is 0. The van der Waals surface area contributed by atoms with Crippen molar-refractivity contribution in [1.29, 1.82) is 0 Å². The van der Waals surface area contributed by atoms with Gasteiger partial charge < -0.3 is 10.1 Å². The molecule has 5 nitrogen and oxygen atoms in total. The van der Waals surface area contributed by atoms with Crippen LogP contribution in [-0.4, -0.2) is 34.4 Å². The average molecular weight is 290 g/mol. The number of rotatable bonds is 8. The molecular weight excluding hydrogens is 271 g/mol. The number of hydrogen-bond donors (Lipinski definition) is 2. The lowest BCUT2D eigenvalue weighted by molar-refractivity contribution is 0.414. The van der Waals surface area contributed by atoms with E-state index in [2.05, 4.69) is 10.0 Å². The van der Waals surface area contributed by atoms with E-state index in [1.54, 1.807) is 0 Å². The lowest BCUT2D eigenvalue weighted by Crippen LogP contribution is -2.22. The Labute approximate surface area is 113 Å². The SMILES string of the molecule is CCNCCCS(=O)(=O)Nc1cc(OC)ccc1F. The lowest BCUT2D eigenvalue weighted by atomic mass is 10.3. The van der Waals surface area contributed by atoms with Crippen LogP contribution >= 0.6 is 0 Å². The van der Waals surface area contributed by atoms with Crippen LogP contribution in [0.1, 0.15) is 13.3 Å². The predicted molar refractivity (Wildman–Crippen MR) is 73.5 cm³/mol. The molecule has 0 heterocycles. The summed E-state index contributed by atoms with van der Waals surface area (Å²) in [7, 11) is -2.12. The minimum absolute atomic E-state index is 0.0589. The monoisotopic (exact) mass is 290 g/mol. The van der Waals surface area contributed by atoms with Crippen LogP contribution in [0.5, 0.6) is 5.75 Å². The lowest BCUT2D eigenvalue weighted by Gasteiger charge is -2.10. The van der Waals surface area contributed by atoms with Gasteiger partial charge in [-0.05, 0) is 31.6 Å². The van der Waals surface area contributed by atoms with Crippen LogP contribution in [0, 0.1) is 5.82 Å². The molecular formula is C12H19FN2O3S. The number of halogens is 1. The maximum absolute atomic E-state index is 13.5. The summed E-state index contributed by atoms with van der Waals surface area (Å²) < 4.78 is 44.2. The molecule has 0 spiro atoms. The van der Waals surface area contributed by atoms with Crippen molar-refractivity contribution >= 4 is 15.7 Å². The summed E-state index contributed by atoms with van der Waals surface area (Å²) >= 11 is 0. The van der Waals surface area contributed by atoms with E-state index in [-0.39, 0.29) is 11.4 Å². The van der Waals surface area contributed by atoms with Crippen molar-refractivity contribution < 1.29 is 17.5 Å². The Morgan fingerprint density at radius 2 is 2.11 bits per heavy atom. The largest absolute Gasteiger partial charge is 0.497 e. The maximum Gasteiger partial charge on any atom is 0.232 e. The van der Waals surface area contributed by atoms with Gasteiger partial charge in [0.1, 0.15) is 11.6 Å². The van der Waals surface area contributed by atoms with E-state index in [1.165, 1.54) is 19.2 Å². The quantitative estimate of drug-likeness (QED) is 0.713. The van der Waals surface area contributed by atoms with E-state index in [0.29, 0.717) is 18.7 Å². The Morgan fingerprint density at radius 1 is 1.37 bits per heavy atom. The normalized spacial score (nSPS) is 11.3. The van der Waals surface area contributed by atoms with Crippen molar-refractivity contribution in [1.82, 2.24) is 5.32 Å². The molecule has 0 bridgehead atoms. The second-order valence-corrected chi connectivity index (χ2v) is 5.82. The molecule has 0 atom stereocenters. The van der Waals surface area contributed by atoms with E-state index in [4.69, 9.17) is 4.74 Å². The number of benzene rings is 1. The van der Waals surface area contributed by atoms with Crippen molar-refractivity contribution in [3.8, 4) is 5.75 Å². The van der Waals surface area contributed by atoms with Crippen LogP contribution < -0.4 is 14.8 Å².